The Hall–Kier alpha value is -3.80. The van der Waals surface area contributed by atoms with Crippen LogP contribution in [-0.4, -0.2) is 46.2 Å². The number of halogens is 3. The minimum absolute atomic E-state index is 0.0148. The SMILES string of the molecule is O=C(O)COc1ccc(/C=C2/SC(=O)N(CC(=O)Nc3ccc(F)c(F)c3F)C2=O)cc1. The number of benzene rings is 2. The highest BCUT2D eigenvalue weighted by Gasteiger charge is 2.36. The van der Waals surface area contributed by atoms with Gasteiger partial charge in [-0.2, -0.15) is 0 Å². The molecule has 0 aliphatic carbocycles. The zero-order valence-electron chi connectivity index (χ0n) is 15.9. The molecule has 1 aliphatic rings. The largest absolute Gasteiger partial charge is 0.482 e. The number of carbonyl (C=O) groups excluding carboxylic acids is 3. The van der Waals surface area contributed by atoms with E-state index < -0.39 is 59.3 Å². The molecule has 8 nitrogen and oxygen atoms in total. The number of hydrogen-bond acceptors (Lipinski definition) is 6. The van der Waals surface area contributed by atoms with Crippen molar-refractivity contribution in [2.75, 3.05) is 18.5 Å². The number of rotatable bonds is 7. The van der Waals surface area contributed by atoms with Crippen LogP contribution in [0.25, 0.3) is 6.08 Å². The number of imide groups is 1. The molecule has 2 aromatic rings. The number of nitrogens with zero attached hydrogens (tertiary/aromatic N) is 1. The van der Waals surface area contributed by atoms with Crippen LogP contribution in [0.2, 0.25) is 0 Å². The first-order valence-corrected chi connectivity index (χ1v) is 9.60. The van der Waals surface area contributed by atoms with Crippen LogP contribution in [0.1, 0.15) is 5.56 Å². The lowest BCUT2D eigenvalue weighted by molar-refractivity contribution is -0.139. The Morgan fingerprint density at radius 3 is 2.41 bits per heavy atom. The van der Waals surface area contributed by atoms with Gasteiger partial charge in [-0.05, 0) is 47.7 Å². The summed E-state index contributed by atoms with van der Waals surface area (Å²) < 4.78 is 44.9. The summed E-state index contributed by atoms with van der Waals surface area (Å²) in [6.07, 6.45) is 1.39. The summed E-state index contributed by atoms with van der Waals surface area (Å²) in [5.41, 5.74) is -0.131. The van der Waals surface area contributed by atoms with Crippen molar-refractivity contribution < 1.29 is 42.2 Å². The van der Waals surface area contributed by atoms with Crippen molar-refractivity contribution in [2.24, 2.45) is 0 Å². The van der Waals surface area contributed by atoms with Crippen LogP contribution in [0.5, 0.6) is 5.75 Å². The highest BCUT2D eigenvalue weighted by molar-refractivity contribution is 8.18. The number of hydrogen-bond donors (Lipinski definition) is 2. The molecular formula is C20H13F3N2O6S. The van der Waals surface area contributed by atoms with E-state index in [1.54, 1.807) is 0 Å². The van der Waals surface area contributed by atoms with Gasteiger partial charge in [-0.3, -0.25) is 19.3 Å². The molecule has 0 aromatic heterocycles. The molecule has 32 heavy (non-hydrogen) atoms. The van der Waals surface area contributed by atoms with Crippen LogP contribution in [0.15, 0.2) is 41.3 Å². The maximum atomic E-state index is 13.7. The van der Waals surface area contributed by atoms with Gasteiger partial charge in [-0.1, -0.05) is 12.1 Å². The van der Waals surface area contributed by atoms with Crippen LogP contribution in [-0.2, 0) is 14.4 Å². The fourth-order valence-corrected chi connectivity index (χ4v) is 3.39. The van der Waals surface area contributed by atoms with Gasteiger partial charge in [0.05, 0.1) is 10.6 Å². The summed E-state index contributed by atoms with van der Waals surface area (Å²) in [5, 5.41) is 9.83. The third-order valence-corrected chi connectivity index (χ3v) is 4.93. The lowest BCUT2D eigenvalue weighted by Crippen LogP contribution is -2.36. The van der Waals surface area contributed by atoms with Crippen molar-refractivity contribution in [3.63, 3.8) is 0 Å². The molecule has 0 radical (unpaired) electrons. The normalized spacial score (nSPS) is 14.7. The molecular weight excluding hydrogens is 453 g/mol. The summed E-state index contributed by atoms with van der Waals surface area (Å²) in [7, 11) is 0. The van der Waals surface area contributed by atoms with E-state index in [0.29, 0.717) is 34.0 Å². The number of nitrogens with one attached hydrogen (secondary N) is 1. The van der Waals surface area contributed by atoms with Gasteiger partial charge < -0.3 is 15.2 Å². The number of carboxylic acid groups (broad SMARTS) is 1. The molecule has 1 aliphatic heterocycles. The van der Waals surface area contributed by atoms with Crippen molar-refractivity contribution in [1.82, 2.24) is 4.90 Å². The van der Waals surface area contributed by atoms with Gasteiger partial charge in [-0.25, -0.2) is 18.0 Å². The molecule has 0 atom stereocenters. The standard InChI is InChI=1S/C20H13F3N2O6S/c21-12-5-6-13(18(23)17(12)22)24-15(26)8-25-19(29)14(32-20(25)30)7-10-1-3-11(4-2-10)31-9-16(27)28/h1-7H,8-9H2,(H,24,26)(H,27,28)/b14-7+. The molecule has 12 heteroatoms. The molecule has 0 spiro atoms. The van der Waals surface area contributed by atoms with Crippen molar-refractivity contribution in [3.05, 3.63) is 64.3 Å². The van der Waals surface area contributed by atoms with Crippen LogP contribution < -0.4 is 10.1 Å². The maximum absolute atomic E-state index is 13.7. The lowest BCUT2D eigenvalue weighted by atomic mass is 10.2. The molecule has 0 saturated carbocycles. The average Bonchev–Trinajstić information content (AvgIpc) is 3.01. The zero-order chi connectivity index (χ0) is 23.4. The molecule has 0 unspecified atom stereocenters. The number of thioether (sulfide) groups is 1. The van der Waals surface area contributed by atoms with Crippen LogP contribution in [0.4, 0.5) is 23.7 Å². The smallest absolute Gasteiger partial charge is 0.341 e. The molecule has 1 saturated heterocycles. The van der Waals surface area contributed by atoms with Crippen LogP contribution in [0, 0.1) is 17.5 Å². The predicted octanol–water partition coefficient (Wildman–Crippen LogP) is 3.24. The van der Waals surface area contributed by atoms with Gasteiger partial charge in [0.15, 0.2) is 24.1 Å². The zero-order valence-corrected chi connectivity index (χ0v) is 16.7. The molecule has 1 heterocycles. The molecule has 1 fully saturated rings. The summed E-state index contributed by atoms with van der Waals surface area (Å²) in [5.74, 6) is -7.42. The van der Waals surface area contributed by atoms with E-state index in [2.05, 4.69) is 0 Å². The van der Waals surface area contributed by atoms with E-state index in [-0.39, 0.29) is 4.91 Å². The topological polar surface area (TPSA) is 113 Å². The minimum atomic E-state index is -1.77. The number of aliphatic carboxylic acids is 1. The monoisotopic (exact) mass is 466 g/mol. The molecule has 0 bridgehead atoms. The van der Waals surface area contributed by atoms with Crippen LogP contribution >= 0.6 is 11.8 Å². The second kappa shape index (κ2) is 9.56. The minimum Gasteiger partial charge on any atom is -0.482 e. The van der Waals surface area contributed by atoms with Gasteiger partial charge >= 0.3 is 5.97 Å². The Bertz CT molecular complexity index is 1140. The van der Waals surface area contributed by atoms with Crippen LogP contribution in [0.3, 0.4) is 0 Å². The van der Waals surface area contributed by atoms with E-state index in [1.807, 2.05) is 5.32 Å². The van der Waals surface area contributed by atoms with E-state index in [9.17, 15) is 32.3 Å². The average molecular weight is 466 g/mol. The number of ether oxygens (including phenoxy) is 1. The highest BCUT2D eigenvalue weighted by atomic mass is 32.2. The van der Waals surface area contributed by atoms with E-state index >= 15 is 0 Å². The van der Waals surface area contributed by atoms with Crippen molar-refractivity contribution in [1.29, 1.82) is 0 Å². The predicted molar refractivity (Wildman–Crippen MR) is 107 cm³/mol. The summed E-state index contributed by atoms with van der Waals surface area (Å²) in [4.78, 5) is 47.8. The summed E-state index contributed by atoms with van der Waals surface area (Å²) >= 11 is 0.577. The molecule has 166 valence electrons. The molecule has 3 amide bonds. The molecule has 3 rings (SSSR count). The number of anilines is 1. The van der Waals surface area contributed by atoms with Gasteiger partial charge in [0.1, 0.15) is 12.3 Å². The Labute approximate surface area is 182 Å². The first-order chi connectivity index (χ1) is 15.2. The Morgan fingerprint density at radius 1 is 1.06 bits per heavy atom. The van der Waals surface area contributed by atoms with E-state index in [1.165, 1.54) is 30.3 Å². The Kier molecular flexibility index (Phi) is 6.83. The summed E-state index contributed by atoms with van der Waals surface area (Å²) in [6, 6.07) is 7.44. The van der Waals surface area contributed by atoms with E-state index in [4.69, 9.17) is 9.84 Å². The fraction of sp³-hybridized carbons (Fsp3) is 0.100. The quantitative estimate of drug-likeness (QED) is 0.476. The molecule has 2 N–H and O–H groups in total. The van der Waals surface area contributed by atoms with E-state index in [0.717, 1.165) is 6.07 Å². The number of carbonyl (C=O) groups is 4. The number of carboxylic acids is 1. The van der Waals surface area contributed by atoms with Gasteiger partial charge in [0, 0.05) is 0 Å². The third-order valence-electron chi connectivity index (χ3n) is 4.02. The van der Waals surface area contributed by atoms with Crippen molar-refractivity contribution in [2.45, 2.75) is 0 Å². The van der Waals surface area contributed by atoms with Gasteiger partial charge in [0.2, 0.25) is 5.91 Å². The third kappa shape index (κ3) is 5.27. The summed E-state index contributed by atoms with van der Waals surface area (Å²) in [6.45, 7) is -1.28. The Balaban J connectivity index is 1.66. The fourth-order valence-electron chi connectivity index (χ4n) is 2.55. The first kappa shape index (κ1) is 22.9. The number of amides is 3. The van der Waals surface area contributed by atoms with Crippen molar-refractivity contribution >= 4 is 46.5 Å². The Morgan fingerprint density at radius 2 is 1.75 bits per heavy atom. The maximum Gasteiger partial charge on any atom is 0.341 e. The second-order valence-corrected chi connectivity index (χ2v) is 7.28. The highest BCUT2D eigenvalue weighted by Crippen LogP contribution is 2.32. The molecule has 2 aromatic carbocycles. The van der Waals surface area contributed by atoms with Gasteiger partial charge in [0.25, 0.3) is 11.1 Å². The van der Waals surface area contributed by atoms with Crippen molar-refractivity contribution in [3.8, 4) is 5.75 Å². The second-order valence-electron chi connectivity index (χ2n) is 6.29. The lowest BCUT2D eigenvalue weighted by Gasteiger charge is -2.13. The first-order valence-electron chi connectivity index (χ1n) is 8.79. The van der Waals surface area contributed by atoms with Gasteiger partial charge in [-0.15, -0.1) is 0 Å².